The third kappa shape index (κ3) is 3.55. The van der Waals surface area contributed by atoms with Crippen LogP contribution in [0.5, 0.6) is 0 Å². The zero-order chi connectivity index (χ0) is 12.8. The molecule has 1 atom stereocenters. The fraction of sp³-hybridized carbons (Fsp3) is 0.600. The number of likely N-dealkylation sites (N-methyl/N-ethyl adjacent to an activating group) is 1. The monoisotopic (exact) mass is 249 g/mol. The van der Waals surface area contributed by atoms with Crippen molar-refractivity contribution in [3.05, 3.63) is 35.4 Å². The Morgan fingerprint density at radius 1 is 1.33 bits per heavy atom. The van der Waals surface area contributed by atoms with E-state index >= 15 is 0 Å². The summed E-state index contributed by atoms with van der Waals surface area (Å²) in [7, 11) is 1.98. The molecule has 1 saturated heterocycles. The fourth-order valence-corrected chi connectivity index (χ4v) is 2.09. The number of benzene rings is 1. The summed E-state index contributed by atoms with van der Waals surface area (Å²) in [6.07, 6.45) is 2.64. The van der Waals surface area contributed by atoms with Crippen LogP contribution < -0.4 is 5.32 Å². The van der Waals surface area contributed by atoms with Crippen molar-refractivity contribution in [1.29, 1.82) is 0 Å². The van der Waals surface area contributed by atoms with Gasteiger partial charge in [0.05, 0.1) is 25.9 Å². The number of hydrogen-bond donors (Lipinski definition) is 1. The average Bonchev–Trinajstić information content (AvgIpc) is 2.34. The van der Waals surface area contributed by atoms with Crippen molar-refractivity contribution >= 4 is 0 Å². The van der Waals surface area contributed by atoms with E-state index in [9.17, 15) is 0 Å². The molecule has 0 radical (unpaired) electrons. The molecule has 3 heteroatoms. The van der Waals surface area contributed by atoms with Crippen LogP contribution in [0.15, 0.2) is 24.3 Å². The highest BCUT2D eigenvalue weighted by atomic mass is 16.6. The first-order chi connectivity index (χ1) is 8.83. The van der Waals surface area contributed by atoms with Crippen LogP contribution in [0, 0.1) is 0 Å². The standard InChI is InChI=1S/C15H23NO2/c1-3-4-12-5-7-13(8-6-12)15(16-2)11-18-14-9-17-10-14/h5-8,14-16H,3-4,9-11H2,1-2H3. The third-order valence-corrected chi connectivity index (χ3v) is 3.38. The van der Waals surface area contributed by atoms with Crippen molar-refractivity contribution in [3.63, 3.8) is 0 Å². The van der Waals surface area contributed by atoms with E-state index in [1.165, 1.54) is 17.5 Å². The molecule has 3 nitrogen and oxygen atoms in total. The van der Waals surface area contributed by atoms with Crippen molar-refractivity contribution in [3.8, 4) is 0 Å². The molecule has 1 aromatic carbocycles. The summed E-state index contributed by atoms with van der Waals surface area (Å²) in [5, 5.41) is 3.31. The molecule has 0 amide bonds. The molecule has 0 aliphatic carbocycles. The summed E-state index contributed by atoms with van der Waals surface area (Å²) in [6, 6.07) is 9.10. The summed E-state index contributed by atoms with van der Waals surface area (Å²) in [5.74, 6) is 0. The van der Waals surface area contributed by atoms with Crippen LogP contribution in [0.2, 0.25) is 0 Å². The largest absolute Gasteiger partial charge is 0.376 e. The first-order valence-electron chi connectivity index (χ1n) is 6.79. The second-order valence-corrected chi connectivity index (χ2v) is 4.83. The lowest BCUT2D eigenvalue weighted by molar-refractivity contribution is -0.133. The lowest BCUT2D eigenvalue weighted by atomic mass is 10.0. The smallest absolute Gasteiger partial charge is 0.104 e. The second-order valence-electron chi connectivity index (χ2n) is 4.83. The van der Waals surface area contributed by atoms with Gasteiger partial charge in [-0.1, -0.05) is 37.6 Å². The average molecular weight is 249 g/mol. The van der Waals surface area contributed by atoms with E-state index in [4.69, 9.17) is 9.47 Å². The molecule has 1 N–H and O–H groups in total. The highest BCUT2D eigenvalue weighted by Gasteiger charge is 2.20. The van der Waals surface area contributed by atoms with Crippen molar-refractivity contribution < 1.29 is 9.47 Å². The lowest BCUT2D eigenvalue weighted by Gasteiger charge is -2.28. The zero-order valence-electron chi connectivity index (χ0n) is 11.3. The Labute approximate surface area is 109 Å². The molecule has 1 aromatic rings. The van der Waals surface area contributed by atoms with E-state index in [2.05, 4.69) is 36.5 Å². The number of nitrogens with one attached hydrogen (secondary N) is 1. The molecular weight excluding hydrogens is 226 g/mol. The minimum absolute atomic E-state index is 0.265. The Morgan fingerprint density at radius 3 is 2.56 bits per heavy atom. The van der Waals surface area contributed by atoms with E-state index in [0.29, 0.717) is 12.7 Å². The Morgan fingerprint density at radius 2 is 2.06 bits per heavy atom. The highest BCUT2D eigenvalue weighted by molar-refractivity contribution is 5.25. The van der Waals surface area contributed by atoms with Gasteiger partial charge < -0.3 is 14.8 Å². The molecule has 1 aliphatic rings. The van der Waals surface area contributed by atoms with Gasteiger partial charge >= 0.3 is 0 Å². The predicted octanol–water partition coefficient (Wildman–Crippen LogP) is 2.32. The number of hydrogen-bond acceptors (Lipinski definition) is 3. The molecule has 18 heavy (non-hydrogen) atoms. The second kappa shape index (κ2) is 6.88. The minimum Gasteiger partial charge on any atom is -0.376 e. The normalized spacial score (nSPS) is 17.4. The van der Waals surface area contributed by atoms with E-state index in [1.807, 2.05) is 7.05 Å². The van der Waals surface area contributed by atoms with Gasteiger partial charge in [0.25, 0.3) is 0 Å². The Kier molecular flexibility index (Phi) is 5.17. The van der Waals surface area contributed by atoms with Gasteiger partial charge in [0, 0.05) is 0 Å². The quantitative estimate of drug-likeness (QED) is 0.804. The van der Waals surface area contributed by atoms with Crippen LogP contribution in [-0.4, -0.2) is 33.0 Å². The fourth-order valence-electron chi connectivity index (χ4n) is 2.09. The van der Waals surface area contributed by atoms with Crippen LogP contribution in [0.25, 0.3) is 0 Å². The van der Waals surface area contributed by atoms with Gasteiger partial charge in [0.2, 0.25) is 0 Å². The number of aryl methyl sites for hydroxylation is 1. The maximum atomic E-state index is 5.78. The topological polar surface area (TPSA) is 30.5 Å². The molecule has 1 aliphatic heterocycles. The van der Waals surface area contributed by atoms with Gasteiger partial charge in [-0.3, -0.25) is 0 Å². The van der Waals surface area contributed by atoms with Crippen molar-refractivity contribution in [2.45, 2.75) is 31.9 Å². The molecule has 1 fully saturated rings. The highest BCUT2D eigenvalue weighted by Crippen LogP contribution is 2.17. The number of rotatable bonds is 7. The Hall–Kier alpha value is -0.900. The SMILES string of the molecule is CCCc1ccc(C(COC2COC2)NC)cc1. The molecule has 1 heterocycles. The van der Waals surface area contributed by atoms with Crippen LogP contribution in [0.3, 0.4) is 0 Å². The maximum Gasteiger partial charge on any atom is 0.104 e. The predicted molar refractivity (Wildman–Crippen MR) is 72.8 cm³/mol. The zero-order valence-corrected chi connectivity index (χ0v) is 11.3. The summed E-state index contributed by atoms with van der Waals surface area (Å²) < 4.78 is 10.9. The van der Waals surface area contributed by atoms with Crippen LogP contribution >= 0.6 is 0 Å². The van der Waals surface area contributed by atoms with E-state index < -0.39 is 0 Å². The van der Waals surface area contributed by atoms with Gasteiger partial charge in [-0.25, -0.2) is 0 Å². The lowest BCUT2D eigenvalue weighted by Crippen LogP contribution is -2.38. The molecule has 2 rings (SSSR count). The van der Waals surface area contributed by atoms with Crippen molar-refractivity contribution in [2.24, 2.45) is 0 Å². The summed E-state index contributed by atoms with van der Waals surface area (Å²) in [4.78, 5) is 0. The molecule has 0 spiro atoms. The van der Waals surface area contributed by atoms with Crippen LogP contribution in [0.1, 0.15) is 30.5 Å². The molecule has 100 valence electrons. The van der Waals surface area contributed by atoms with Crippen molar-refractivity contribution in [2.75, 3.05) is 26.9 Å². The summed E-state index contributed by atoms with van der Waals surface area (Å²) in [5.41, 5.74) is 2.70. The van der Waals surface area contributed by atoms with Gasteiger partial charge in [-0.05, 0) is 24.6 Å². The van der Waals surface area contributed by atoms with E-state index in [0.717, 1.165) is 19.6 Å². The molecule has 0 bridgehead atoms. The molecule has 0 aromatic heterocycles. The molecule has 1 unspecified atom stereocenters. The Bertz CT molecular complexity index is 346. The van der Waals surface area contributed by atoms with Crippen LogP contribution in [-0.2, 0) is 15.9 Å². The van der Waals surface area contributed by atoms with Gasteiger partial charge in [-0.15, -0.1) is 0 Å². The maximum absolute atomic E-state index is 5.78. The minimum atomic E-state index is 0.265. The number of ether oxygens (including phenoxy) is 2. The summed E-state index contributed by atoms with van der Waals surface area (Å²) >= 11 is 0. The first-order valence-corrected chi connectivity index (χ1v) is 6.79. The molecule has 0 saturated carbocycles. The Balaban J connectivity index is 1.89. The van der Waals surface area contributed by atoms with E-state index in [1.54, 1.807) is 0 Å². The van der Waals surface area contributed by atoms with Gasteiger partial charge in [0.1, 0.15) is 6.10 Å². The van der Waals surface area contributed by atoms with Gasteiger partial charge in [0.15, 0.2) is 0 Å². The van der Waals surface area contributed by atoms with Crippen molar-refractivity contribution in [1.82, 2.24) is 5.32 Å². The summed E-state index contributed by atoms with van der Waals surface area (Å²) in [6.45, 7) is 4.40. The van der Waals surface area contributed by atoms with E-state index in [-0.39, 0.29) is 6.04 Å². The molecular formula is C15H23NO2. The van der Waals surface area contributed by atoms with Crippen LogP contribution in [0.4, 0.5) is 0 Å². The third-order valence-electron chi connectivity index (χ3n) is 3.38. The first kappa shape index (κ1) is 13.5. The van der Waals surface area contributed by atoms with Gasteiger partial charge in [-0.2, -0.15) is 0 Å².